The van der Waals surface area contributed by atoms with Gasteiger partial charge in [-0.1, -0.05) is 57.2 Å². The van der Waals surface area contributed by atoms with Gasteiger partial charge in [0.15, 0.2) is 0 Å². The fraction of sp³-hybridized carbons (Fsp3) is 0.348. The first-order valence-corrected chi connectivity index (χ1v) is 9.88. The Morgan fingerprint density at radius 2 is 1.54 bits per heavy atom. The smallest absolute Gasteiger partial charge is 0.338 e. The molecule has 3 rings (SSSR count). The normalized spacial score (nSPS) is 13.0. The van der Waals surface area contributed by atoms with Gasteiger partial charge in [-0.3, -0.25) is 9.59 Å². The number of benzene rings is 2. The van der Waals surface area contributed by atoms with Crippen LogP contribution in [0.3, 0.4) is 0 Å². The van der Waals surface area contributed by atoms with Crippen LogP contribution in [0.15, 0.2) is 48.5 Å². The number of unbranched alkanes of at least 4 members (excludes halogenated alkanes) is 5. The number of nitrogens with zero attached hydrogens (tertiary/aromatic N) is 1. The zero-order valence-corrected chi connectivity index (χ0v) is 16.1. The summed E-state index contributed by atoms with van der Waals surface area (Å²) in [5.41, 5.74) is 1.35. The van der Waals surface area contributed by atoms with E-state index in [2.05, 4.69) is 6.92 Å². The van der Waals surface area contributed by atoms with Crippen molar-refractivity contribution in [2.24, 2.45) is 0 Å². The SMILES string of the molecule is CCCCCCCCOC(=O)c1ccc2c(c1)C(=O)N(c1ccccc1)C2=O. The van der Waals surface area contributed by atoms with Crippen LogP contribution in [-0.2, 0) is 4.74 Å². The van der Waals surface area contributed by atoms with Crippen LogP contribution < -0.4 is 4.90 Å². The number of hydrogen-bond donors (Lipinski definition) is 0. The highest BCUT2D eigenvalue weighted by atomic mass is 16.5. The van der Waals surface area contributed by atoms with E-state index < -0.39 is 11.9 Å². The summed E-state index contributed by atoms with van der Waals surface area (Å²) in [5.74, 6) is -1.26. The van der Waals surface area contributed by atoms with E-state index in [1.807, 2.05) is 6.07 Å². The van der Waals surface area contributed by atoms with Gasteiger partial charge in [0.1, 0.15) is 0 Å². The van der Waals surface area contributed by atoms with Crippen molar-refractivity contribution >= 4 is 23.5 Å². The highest BCUT2D eigenvalue weighted by molar-refractivity contribution is 6.34. The molecule has 0 spiro atoms. The first-order valence-electron chi connectivity index (χ1n) is 9.88. The topological polar surface area (TPSA) is 63.7 Å². The maximum atomic E-state index is 12.7. The molecular formula is C23H25NO4. The van der Waals surface area contributed by atoms with Gasteiger partial charge in [-0.25, -0.2) is 9.69 Å². The Morgan fingerprint density at radius 1 is 0.857 bits per heavy atom. The van der Waals surface area contributed by atoms with Gasteiger partial charge in [-0.2, -0.15) is 0 Å². The van der Waals surface area contributed by atoms with Crippen LogP contribution >= 0.6 is 0 Å². The number of ether oxygens (including phenoxy) is 1. The fourth-order valence-electron chi connectivity index (χ4n) is 3.31. The van der Waals surface area contributed by atoms with E-state index in [9.17, 15) is 14.4 Å². The van der Waals surface area contributed by atoms with Crippen LogP contribution in [0, 0.1) is 0 Å². The quantitative estimate of drug-likeness (QED) is 0.349. The monoisotopic (exact) mass is 379 g/mol. The molecule has 0 aromatic heterocycles. The minimum absolute atomic E-state index is 0.239. The highest BCUT2D eigenvalue weighted by Gasteiger charge is 2.37. The van der Waals surface area contributed by atoms with Gasteiger partial charge in [0, 0.05) is 0 Å². The van der Waals surface area contributed by atoms with Crippen molar-refractivity contribution in [3.63, 3.8) is 0 Å². The molecule has 0 atom stereocenters. The highest BCUT2D eigenvalue weighted by Crippen LogP contribution is 2.29. The summed E-state index contributed by atoms with van der Waals surface area (Å²) in [6.45, 7) is 2.54. The van der Waals surface area contributed by atoms with Crippen molar-refractivity contribution in [1.29, 1.82) is 0 Å². The first-order chi connectivity index (χ1) is 13.6. The summed E-state index contributed by atoms with van der Waals surface area (Å²) in [4.78, 5) is 38.7. The molecule has 0 aliphatic carbocycles. The molecule has 0 unspecified atom stereocenters. The maximum Gasteiger partial charge on any atom is 0.338 e. The standard InChI is InChI=1S/C23H25NO4/c1-2-3-4-5-6-10-15-28-23(27)17-13-14-19-20(16-17)22(26)24(21(19)25)18-11-8-7-9-12-18/h7-9,11-14,16H,2-6,10,15H2,1H3. The largest absolute Gasteiger partial charge is 0.462 e. The average molecular weight is 379 g/mol. The molecule has 0 saturated carbocycles. The molecule has 2 amide bonds. The van der Waals surface area contributed by atoms with Crippen molar-refractivity contribution in [1.82, 2.24) is 0 Å². The number of carbonyl (C=O) groups is 3. The van der Waals surface area contributed by atoms with Crippen LogP contribution in [0.5, 0.6) is 0 Å². The van der Waals surface area contributed by atoms with Crippen molar-refractivity contribution in [2.75, 3.05) is 11.5 Å². The van der Waals surface area contributed by atoms with Crippen LogP contribution in [-0.4, -0.2) is 24.4 Å². The number of fused-ring (bicyclic) bond motifs is 1. The number of para-hydroxylation sites is 1. The Hall–Kier alpha value is -2.95. The van der Waals surface area contributed by atoms with Gasteiger partial charge < -0.3 is 4.74 Å². The van der Waals surface area contributed by atoms with Gasteiger partial charge in [0.05, 0.1) is 29.0 Å². The van der Waals surface area contributed by atoms with E-state index in [1.54, 1.807) is 30.3 Å². The third-order valence-electron chi connectivity index (χ3n) is 4.87. The first kappa shape index (κ1) is 19.8. The molecule has 5 nitrogen and oxygen atoms in total. The Kier molecular flexibility index (Phi) is 6.58. The summed E-state index contributed by atoms with van der Waals surface area (Å²) in [6.07, 6.45) is 6.67. The predicted octanol–water partition coefficient (Wildman–Crippen LogP) is 5.00. The molecule has 146 valence electrons. The Morgan fingerprint density at radius 3 is 2.29 bits per heavy atom. The lowest BCUT2D eigenvalue weighted by Crippen LogP contribution is -2.29. The minimum Gasteiger partial charge on any atom is -0.462 e. The zero-order valence-electron chi connectivity index (χ0n) is 16.1. The second kappa shape index (κ2) is 9.31. The van der Waals surface area contributed by atoms with Crippen LogP contribution in [0.1, 0.15) is 76.5 Å². The van der Waals surface area contributed by atoms with Crippen molar-refractivity contribution in [3.05, 3.63) is 65.2 Å². The summed E-state index contributed by atoms with van der Waals surface area (Å²) >= 11 is 0. The molecule has 0 N–H and O–H groups in total. The van der Waals surface area contributed by atoms with Gasteiger partial charge >= 0.3 is 5.97 Å². The van der Waals surface area contributed by atoms with Gasteiger partial charge in [-0.05, 0) is 36.8 Å². The minimum atomic E-state index is -0.463. The Bertz CT molecular complexity index is 860. The zero-order chi connectivity index (χ0) is 19.9. The van der Waals surface area contributed by atoms with Gasteiger partial charge in [0.25, 0.3) is 11.8 Å². The number of anilines is 1. The van der Waals surface area contributed by atoms with Crippen LogP contribution in [0.25, 0.3) is 0 Å². The van der Waals surface area contributed by atoms with Crippen molar-refractivity contribution in [3.8, 4) is 0 Å². The molecule has 0 saturated heterocycles. The summed E-state index contributed by atoms with van der Waals surface area (Å²) < 4.78 is 5.32. The van der Waals surface area contributed by atoms with Crippen molar-refractivity contribution in [2.45, 2.75) is 45.4 Å². The molecule has 1 heterocycles. The average Bonchev–Trinajstić information content (AvgIpc) is 2.97. The predicted molar refractivity (Wildman–Crippen MR) is 108 cm³/mol. The number of imide groups is 1. The second-order valence-electron chi connectivity index (χ2n) is 6.95. The van der Waals surface area contributed by atoms with E-state index in [-0.39, 0.29) is 11.5 Å². The summed E-state index contributed by atoms with van der Waals surface area (Å²) in [6, 6.07) is 13.3. The molecule has 5 heteroatoms. The molecule has 1 aliphatic heterocycles. The van der Waals surface area contributed by atoms with E-state index in [0.29, 0.717) is 23.4 Å². The number of carbonyl (C=O) groups excluding carboxylic acids is 3. The summed E-state index contributed by atoms with van der Waals surface area (Å²) in [5, 5.41) is 0. The number of rotatable bonds is 9. The Labute approximate surface area is 165 Å². The molecule has 28 heavy (non-hydrogen) atoms. The molecule has 0 radical (unpaired) electrons. The Balaban J connectivity index is 1.62. The van der Waals surface area contributed by atoms with E-state index in [4.69, 9.17) is 4.74 Å². The van der Waals surface area contributed by atoms with E-state index >= 15 is 0 Å². The second-order valence-corrected chi connectivity index (χ2v) is 6.95. The molecule has 0 bridgehead atoms. The lowest BCUT2D eigenvalue weighted by atomic mass is 10.1. The number of esters is 1. The van der Waals surface area contributed by atoms with E-state index in [0.717, 1.165) is 24.2 Å². The van der Waals surface area contributed by atoms with Crippen molar-refractivity contribution < 1.29 is 19.1 Å². The molecule has 1 aliphatic rings. The molecular weight excluding hydrogens is 354 g/mol. The summed E-state index contributed by atoms with van der Waals surface area (Å²) in [7, 11) is 0. The molecule has 0 fully saturated rings. The number of amides is 2. The van der Waals surface area contributed by atoms with E-state index in [1.165, 1.54) is 31.4 Å². The third-order valence-corrected chi connectivity index (χ3v) is 4.87. The molecule has 2 aromatic rings. The number of hydrogen-bond acceptors (Lipinski definition) is 4. The van der Waals surface area contributed by atoms with Crippen LogP contribution in [0.2, 0.25) is 0 Å². The third kappa shape index (κ3) is 4.30. The van der Waals surface area contributed by atoms with Gasteiger partial charge in [-0.15, -0.1) is 0 Å². The lowest BCUT2D eigenvalue weighted by Gasteiger charge is -2.13. The lowest BCUT2D eigenvalue weighted by molar-refractivity contribution is 0.0497. The maximum absolute atomic E-state index is 12.7. The van der Waals surface area contributed by atoms with Gasteiger partial charge in [0.2, 0.25) is 0 Å². The van der Waals surface area contributed by atoms with Crippen LogP contribution in [0.4, 0.5) is 5.69 Å². The fourth-order valence-corrected chi connectivity index (χ4v) is 3.31. The molecule has 2 aromatic carbocycles.